The number of carboxylic acid groups (broad SMARTS) is 1. The molecule has 2 aromatic heterocycles. The number of cyclic esters (lactones) is 1. The number of nitrogens with one attached hydrogen (secondary N) is 5. The number of aliphatic carboxylic acids is 1. The van der Waals surface area contributed by atoms with Gasteiger partial charge in [0, 0.05) is 74.3 Å². The number of unbranched alkanes of at least 4 members (excludes halogenated alkanes) is 2. The van der Waals surface area contributed by atoms with Crippen LogP contribution in [-0.2, 0) is 89.1 Å². The molecule has 0 aliphatic carbocycles. The molecule has 5 aliphatic heterocycles. The minimum absolute atomic E-state index is 0.00764. The monoisotopic (exact) mass is 1260 g/mol. The first-order valence-electron chi connectivity index (χ1n) is 29.1. The smallest absolute Gasteiger partial charge is 0.412 e. The van der Waals surface area contributed by atoms with E-state index in [-0.39, 0.29) is 117 Å². The van der Waals surface area contributed by atoms with Crippen LogP contribution in [0.2, 0.25) is 0 Å². The summed E-state index contributed by atoms with van der Waals surface area (Å²) in [4.78, 5) is 137. The van der Waals surface area contributed by atoms with Crippen molar-refractivity contribution in [1.29, 1.82) is 0 Å². The van der Waals surface area contributed by atoms with E-state index in [1.165, 1.54) is 29.9 Å². The quantitative estimate of drug-likeness (QED) is 0.0182. The highest BCUT2D eigenvalue weighted by Crippen LogP contribution is 2.49. The number of hydrogen-bond acceptors (Lipinski definition) is 23. The SMILES string of the molecule is CCCCc1c2c(nc3cc4c(c(NC(=O)OCc5ccc(O[C@@H]6O[C@H](C(=O)O)[C@@H](O)[C@H](O)[C@H]6O)c(NC(=O)CCNC(=O)[C@H](CCCCNC(=O)CCOC)NC(=O)[C@@H](CN)N6C(=O)C=CC6=O)c5)c13)OCO4)-c1cc3c(c(=O)n1C2)COC(=O)[C@]3(O)CC. The summed E-state index contributed by atoms with van der Waals surface area (Å²) in [7, 11) is 1.45. The van der Waals surface area contributed by atoms with Crippen LogP contribution in [0.4, 0.5) is 16.2 Å². The Balaban J connectivity index is 0.937. The van der Waals surface area contributed by atoms with Crippen LogP contribution in [0, 0.1) is 0 Å². The topological polar surface area (TPSA) is 444 Å². The molecule has 0 bridgehead atoms. The first-order valence-corrected chi connectivity index (χ1v) is 29.1. The fraction of sp³-hybridized carbons (Fsp3) is 0.475. The van der Waals surface area contributed by atoms with Crippen LogP contribution >= 0.6 is 0 Å². The van der Waals surface area contributed by atoms with Crippen LogP contribution in [-0.4, -0.2) is 176 Å². The first-order chi connectivity index (χ1) is 43.1. The molecule has 0 spiro atoms. The molecule has 0 saturated carbocycles. The lowest BCUT2D eigenvalue weighted by Crippen LogP contribution is -2.61. The Morgan fingerprint density at radius 2 is 1.63 bits per heavy atom. The lowest BCUT2D eigenvalue weighted by atomic mass is 9.86. The molecule has 4 aromatic rings. The third-order valence-electron chi connectivity index (χ3n) is 15.9. The van der Waals surface area contributed by atoms with Crippen LogP contribution in [0.1, 0.15) is 93.0 Å². The highest BCUT2D eigenvalue weighted by atomic mass is 16.7. The molecule has 1 fully saturated rings. The molecule has 5 aliphatic rings. The number of ether oxygens (including phenoxy) is 7. The van der Waals surface area contributed by atoms with E-state index in [0.717, 1.165) is 18.6 Å². The number of methoxy groups -OCH3 is 1. The van der Waals surface area contributed by atoms with Crippen molar-refractivity contribution in [2.45, 2.75) is 140 Å². The number of rotatable bonds is 27. The van der Waals surface area contributed by atoms with Gasteiger partial charge in [0.05, 0.1) is 41.3 Å². The van der Waals surface area contributed by atoms with Gasteiger partial charge < -0.3 is 90.3 Å². The summed E-state index contributed by atoms with van der Waals surface area (Å²) >= 11 is 0. The summed E-state index contributed by atoms with van der Waals surface area (Å²) in [6.45, 7) is 2.18. The summed E-state index contributed by atoms with van der Waals surface area (Å²) < 4.78 is 40.3. The summed E-state index contributed by atoms with van der Waals surface area (Å²) in [5, 5.41) is 66.7. The molecule has 8 atom stereocenters. The van der Waals surface area contributed by atoms with E-state index in [2.05, 4.69) is 26.6 Å². The molecule has 0 unspecified atom stereocenters. The highest BCUT2D eigenvalue weighted by Gasteiger charge is 2.49. The normalized spacial score (nSPS) is 21.0. The number of esters is 1. The molecule has 9 rings (SSSR count). The molecule has 31 heteroatoms. The second kappa shape index (κ2) is 28.2. The zero-order valence-electron chi connectivity index (χ0n) is 49.2. The zero-order valence-corrected chi connectivity index (χ0v) is 49.2. The van der Waals surface area contributed by atoms with Crippen LogP contribution in [0.15, 0.2) is 47.3 Å². The highest BCUT2D eigenvalue weighted by molar-refractivity contribution is 6.15. The van der Waals surface area contributed by atoms with E-state index >= 15 is 0 Å². The fourth-order valence-corrected chi connectivity index (χ4v) is 11.1. The van der Waals surface area contributed by atoms with Gasteiger partial charge in [-0.05, 0) is 67.9 Å². The Kier molecular flexibility index (Phi) is 20.4. The summed E-state index contributed by atoms with van der Waals surface area (Å²) in [6.07, 6.45) is -7.18. The van der Waals surface area contributed by atoms with Crippen molar-refractivity contribution in [1.82, 2.24) is 30.4 Å². The Morgan fingerprint density at radius 3 is 2.34 bits per heavy atom. The molecule has 482 valence electrons. The van der Waals surface area contributed by atoms with Crippen molar-refractivity contribution in [3.05, 3.63) is 80.7 Å². The summed E-state index contributed by atoms with van der Waals surface area (Å²) in [5.74, 6) is -6.81. The Bertz CT molecular complexity index is 3590. The van der Waals surface area contributed by atoms with Crippen LogP contribution in [0.3, 0.4) is 0 Å². The van der Waals surface area contributed by atoms with Gasteiger partial charge in [0.1, 0.15) is 55.0 Å². The molecule has 7 heterocycles. The van der Waals surface area contributed by atoms with E-state index in [4.69, 9.17) is 43.9 Å². The maximum absolute atomic E-state index is 14.2. The van der Waals surface area contributed by atoms with Crippen molar-refractivity contribution >= 4 is 75.8 Å². The van der Waals surface area contributed by atoms with Gasteiger partial charge in [-0.3, -0.25) is 43.8 Å². The number of benzene rings is 2. The number of aliphatic hydroxyl groups excluding tert-OH is 3. The molecule has 31 nitrogen and oxygen atoms in total. The number of carbonyl (C=O) groups excluding carboxylic acids is 8. The average molecular weight is 1260 g/mol. The van der Waals surface area contributed by atoms with E-state index in [1.54, 1.807) is 19.1 Å². The number of imide groups is 1. The maximum atomic E-state index is 14.2. The van der Waals surface area contributed by atoms with Crippen molar-refractivity contribution in [2.75, 3.05) is 50.8 Å². The number of aliphatic hydroxyl groups is 4. The molecule has 12 N–H and O–H groups in total. The number of hydrogen-bond donors (Lipinski definition) is 11. The van der Waals surface area contributed by atoms with Gasteiger partial charge in [0.2, 0.25) is 36.7 Å². The number of nitrogens with two attached hydrogens (primary N) is 1. The van der Waals surface area contributed by atoms with Crippen molar-refractivity contribution in [2.24, 2.45) is 5.73 Å². The van der Waals surface area contributed by atoms with Crippen molar-refractivity contribution < 1.29 is 102 Å². The van der Waals surface area contributed by atoms with Crippen molar-refractivity contribution in [3.8, 4) is 28.6 Å². The predicted molar refractivity (Wildman–Crippen MR) is 310 cm³/mol. The molecule has 90 heavy (non-hydrogen) atoms. The number of anilines is 2. The molecular formula is C59H69N9O22. The van der Waals surface area contributed by atoms with Gasteiger partial charge in [-0.2, -0.15) is 0 Å². The Hall–Kier alpha value is -9.11. The number of carboxylic acids is 1. The van der Waals surface area contributed by atoms with Crippen LogP contribution in [0.25, 0.3) is 22.3 Å². The molecular weight excluding hydrogens is 1190 g/mol. The largest absolute Gasteiger partial charge is 0.479 e. The fourth-order valence-electron chi connectivity index (χ4n) is 11.1. The molecule has 1 saturated heterocycles. The minimum atomic E-state index is -2.07. The summed E-state index contributed by atoms with van der Waals surface area (Å²) in [6, 6.07) is 4.37. The van der Waals surface area contributed by atoms with E-state index in [9.17, 15) is 73.5 Å². The second-order valence-corrected chi connectivity index (χ2v) is 21.8. The van der Waals surface area contributed by atoms with Gasteiger partial charge in [-0.1, -0.05) is 26.3 Å². The van der Waals surface area contributed by atoms with Gasteiger partial charge in [0.15, 0.2) is 23.2 Å². The van der Waals surface area contributed by atoms with Crippen LogP contribution in [0.5, 0.6) is 17.2 Å². The van der Waals surface area contributed by atoms with E-state index in [0.29, 0.717) is 57.6 Å². The number of aromatic nitrogens is 2. The molecule has 0 radical (unpaired) electrons. The number of nitrogens with zero attached hydrogens (tertiary/aromatic N) is 3. The molecule has 7 amide bonds. The second-order valence-electron chi connectivity index (χ2n) is 21.8. The Labute approximate surface area is 512 Å². The maximum Gasteiger partial charge on any atom is 0.412 e. The standard InChI is InChI=1S/C59H69N9O22/c1-4-6-9-29-30-24-67-36(21-32-31(54(67)78)26-85-57(81)59(32,83)5-2)45(30)64-35-22-39-50(88-27-87-39)46(44(29)35)66-58(82)86-25-28-11-12-38(89-56-49(75)47(73)48(74)51(90-56)55(79)80)34(20-28)63-41(70)15-18-62-52(76)33(10-7-8-17-61-40(69)16-19-84-3)65-53(77)37(23-60)68-42(71)13-14-43(68)72/h11-14,20-22,33,37,47-49,51,56,73-75,83H,4-10,15-19,23-27,60H2,1-3H3,(H,61,69)(H,62,76)(H,63,70)(H,65,77)(H,66,82)(H,79,80)/t33-,37+,47-,48-,49+,51-,56+,59-/m0/s1. The number of carbonyl (C=O) groups is 9. The van der Waals surface area contributed by atoms with Crippen molar-refractivity contribution in [3.63, 3.8) is 0 Å². The summed E-state index contributed by atoms with van der Waals surface area (Å²) in [5.41, 5.74) is 6.19. The molecule has 2 aromatic carbocycles. The average Bonchev–Trinajstić information content (AvgIpc) is 1.50. The van der Waals surface area contributed by atoms with Crippen LogP contribution < -0.4 is 52.1 Å². The number of fused-ring (bicyclic) bond motifs is 6. The van der Waals surface area contributed by atoms with Gasteiger partial charge in [0.25, 0.3) is 17.4 Å². The third-order valence-corrected chi connectivity index (χ3v) is 15.9. The minimum Gasteiger partial charge on any atom is -0.479 e. The first kappa shape index (κ1) is 65.3. The van der Waals surface area contributed by atoms with Gasteiger partial charge in [-0.15, -0.1) is 0 Å². The predicted octanol–water partition coefficient (Wildman–Crippen LogP) is -0.324. The lowest BCUT2D eigenvalue weighted by Gasteiger charge is -2.38. The van der Waals surface area contributed by atoms with E-state index in [1.807, 2.05) is 6.92 Å². The number of aryl methyl sites for hydroxylation is 1. The zero-order chi connectivity index (χ0) is 64.7. The third kappa shape index (κ3) is 13.6. The Morgan fingerprint density at radius 1 is 0.867 bits per heavy atom. The number of pyridine rings is 2. The van der Waals surface area contributed by atoms with Gasteiger partial charge >= 0.3 is 18.0 Å². The number of amides is 7. The van der Waals surface area contributed by atoms with Gasteiger partial charge in [-0.25, -0.2) is 19.4 Å². The lowest BCUT2D eigenvalue weighted by molar-refractivity contribution is -0.271. The van der Waals surface area contributed by atoms with E-state index < -0.39 is 121 Å².